The number of para-hydroxylation sites is 1. The van der Waals surface area contributed by atoms with Crippen molar-refractivity contribution in [1.29, 1.82) is 0 Å². The minimum atomic E-state index is -4.83. The molecule has 0 spiro atoms. The standard InChI is InChI=1S/C17H17F3N2O4/c1-11-7-12(2)22(16(24)8-11)25-10-15(23)21-9-13-5-3-4-6-14(13)26-17(18,19)20/h3-8H,9-10H2,1-2H3,(H,21,23). The lowest BCUT2D eigenvalue weighted by Gasteiger charge is -2.14. The average molecular weight is 370 g/mol. The van der Waals surface area contributed by atoms with Crippen LogP contribution in [0, 0.1) is 13.8 Å². The molecule has 0 bridgehead atoms. The number of amides is 1. The highest BCUT2D eigenvalue weighted by atomic mass is 19.4. The Kier molecular flexibility index (Phi) is 5.91. The molecule has 2 rings (SSSR count). The van der Waals surface area contributed by atoms with Crippen LogP contribution in [0.2, 0.25) is 0 Å². The van der Waals surface area contributed by atoms with Gasteiger partial charge in [-0.25, -0.2) is 0 Å². The van der Waals surface area contributed by atoms with Gasteiger partial charge in [-0.3, -0.25) is 9.59 Å². The summed E-state index contributed by atoms with van der Waals surface area (Å²) in [6.45, 7) is 2.76. The van der Waals surface area contributed by atoms with E-state index in [0.717, 1.165) is 16.4 Å². The summed E-state index contributed by atoms with van der Waals surface area (Å²) in [4.78, 5) is 28.8. The van der Waals surface area contributed by atoms with Crippen molar-refractivity contribution in [3.8, 4) is 5.75 Å². The van der Waals surface area contributed by atoms with Gasteiger partial charge in [-0.05, 0) is 31.5 Å². The Labute approximate surface area is 147 Å². The van der Waals surface area contributed by atoms with E-state index in [4.69, 9.17) is 4.84 Å². The SMILES string of the molecule is Cc1cc(C)n(OCC(=O)NCc2ccccc2OC(F)(F)F)c(=O)c1. The van der Waals surface area contributed by atoms with Crippen LogP contribution in [0.15, 0.2) is 41.2 Å². The molecule has 0 saturated heterocycles. The number of alkyl halides is 3. The molecule has 0 aliphatic heterocycles. The number of pyridine rings is 1. The zero-order valence-electron chi connectivity index (χ0n) is 14.1. The van der Waals surface area contributed by atoms with Gasteiger partial charge in [0.05, 0.1) is 5.69 Å². The highest BCUT2D eigenvalue weighted by Gasteiger charge is 2.31. The maximum Gasteiger partial charge on any atom is 0.573 e. The second-order valence-electron chi connectivity index (χ2n) is 5.51. The van der Waals surface area contributed by atoms with Gasteiger partial charge in [0.15, 0.2) is 6.61 Å². The second-order valence-corrected chi connectivity index (χ2v) is 5.51. The minimum absolute atomic E-state index is 0.154. The van der Waals surface area contributed by atoms with Crippen molar-refractivity contribution in [3.63, 3.8) is 0 Å². The predicted octanol–water partition coefficient (Wildman–Crippen LogP) is 2.11. The number of ether oxygens (including phenoxy) is 1. The Morgan fingerprint density at radius 1 is 1.19 bits per heavy atom. The largest absolute Gasteiger partial charge is 0.573 e. The van der Waals surface area contributed by atoms with Gasteiger partial charge in [-0.2, -0.15) is 0 Å². The molecule has 0 atom stereocenters. The molecule has 2 aromatic rings. The van der Waals surface area contributed by atoms with Crippen LogP contribution < -0.4 is 20.5 Å². The van der Waals surface area contributed by atoms with Crippen molar-refractivity contribution in [3.05, 3.63) is 63.6 Å². The highest BCUT2D eigenvalue weighted by molar-refractivity contribution is 5.77. The van der Waals surface area contributed by atoms with Gasteiger partial charge in [-0.1, -0.05) is 18.2 Å². The van der Waals surface area contributed by atoms with Crippen LogP contribution in [-0.2, 0) is 11.3 Å². The summed E-state index contributed by atoms with van der Waals surface area (Å²) < 4.78 is 42.0. The Hall–Kier alpha value is -2.97. The third-order valence-electron chi connectivity index (χ3n) is 3.31. The van der Waals surface area contributed by atoms with Gasteiger partial charge in [0.2, 0.25) is 0 Å². The van der Waals surface area contributed by atoms with E-state index in [1.165, 1.54) is 24.3 Å². The van der Waals surface area contributed by atoms with E-state index in [0.29, 0.717) is 5.69 Å². The van der Waals surface area contributed by atoms with E-state index in [2.05, 4.69) is 10.1 Å². The van der Waals surface area contributed by atoms with Gasteiger partial charge in [-0.15, -0.1) is 17.9 Å². The lowest BCUT2D eigenvalue weighted by atomic mass is 10.2. The van der Waals surface area contributed by atoms with Crippen LogP contribution in [0.1, 0.15) is 16.8 Å². The van der Waals surface area contributed by atoms with Crippen molar-refractivity contribution < 1.29 is 27.5 Å². The molecule has 0 saturated carbocycles. The van der Waals surface area contributed by atoms with Crippen LogP contribution in [0.25, 0.3) is 0 Å². The summed E-state index contributed by atoms with van der Waals surface area (Å²) in [5, 5.41) is 2.42. The van der Waals surface area contributed by atoms with E-state index in [1.807, 2.05) is 0 Å². The molecular formula is C17H17F3N2O4. The van der Waals surface area contributed by atoms with Crippen LogP contribution in [0.5, 0.6) is 5.75 Å². The number of nitrogens with zero attached hydrogens (tertiary/aromatic N) is 1. The number of hydrogen-bond donors (Lipinski definition) is 1. The monoisotopic (exact) mass is 370 g/mol. The Balaban J connectivity index is 1.95. The number of carbonyl (C=O) groups is 1. The number of carbonyl (C=O) groups excluding carboxylic acids is 1. The smallest absolute Gasteiger partial charge is 0.405 e. The Morgan fingerprint density at radius 2 is 1.88 bits per heavy atom. The fourth-order valence-electron chi connectivity index (χ4n) is 2.26. The van der Waals surface area contributed by atoms with E-state index in [1.54, 1.807) is 19.9 Å². The maximum absolute atomic E-state index is 12.4. The summed E-state index contributed by atoms with van der Waals surface area (Å²) in [6.07, 6.45) is -4.83. The van der Waals surface area contributed by atoms with Crippen molar-refractivity contribution in [2.75, 3.05) is 6.61 Å². The molecule has 9 heteroatoms. The average Bonchev–Trinajstić information content (AvgIpc) is 2.51. The molecule has 1 aromatic heterocycles. The molecule has 0 aliphatic carbocycles. The molecule has 0 aliphatic rings. The van der Waals surface area contributed by atoms with Gasteiger partial charge in [0.25, 0.3) is 11.5 Å². The first-order chi connectivity index (χ1) is 12.2. The van der Waals surface area contributed by atoms with Gasteiger partial charge in [0, 0.05) is 18.2 Å². The maximum atomic E-state index is 12.4. The first kappa shape index (κ1) is 19.4. The number of aromatic nitrogens is 1. The zero-order valence-corrected chi connectivity index (χ0v) is 14.1. The summed E-state index contributed by atoms with van der Waals surface area (Å²) in [7, 11) is 0. The molecule has 1 heterocycles. The predicted molar refractivity (Wildman–Crippen MR) is 86.6 cm³/mol. The van der Waals surface area contributed by atoms with Crippen molar-refractivity contribution in [2.45, 2.75) is 26.8 Å². The number of nitrogens with one attached hydrogen (secondary N) is 1. The number of halogens is 3. The van der Waals surface area contributed by atoms with Crippen LogP contribution in [0.4, 0.5) is 13.2 Å². The molecule has 1 N–H and O–H groups in total. The van der Waals surface area contributed by atoms with Crippen molar-refractivity contribution in [2.24, 2.45) is 0 Å². The molecule has 0 radical (unpaired) electrons. The zero-order chi connectivity index (χ0) is 19.3. The van der Waals surface area contributed by atoms with Crippen molar-refractivity contribution in [1.82, 2.24) is 10.0 Å². The fourth-order valence-corrected chi connectivity index (χ4v) is 2.26. The second kappa shape index (κ2) is 7.94. The molecule has 1 aromatic carbocycles. The normalized spacial score (nSPS) is 11.1. The van der Waals surface area contributed by atoms with Crippen LogP contribution in [-0.4, -0.2) is 23.6 Å². The summed E-state index contributed by atoms with van der Waals surface area (Å²) >= 11 is 0. The molecular weight excluding hydrogens is 353 g/mol. The quantitative estimate of drug-likeness (QED) is 0.846. The minimum Gasteiger partial charge on any atom is -0.405 e. The molecule has 140 valence electrons. The summed E-state index contributed by atoms with van der Waals surface area (Å²) in [6, 6.07) is 8.54. The Bertz CT molecular complexity index is 847. The van der Waals surface area contributed by atoms with E-state index >= 15 is 0 Å². The topological polar surface area (TPSA) is 69.6 Å². The molecule has 0 fully saturated rings. The molecule has 0 unspecified atom stereocenters. The lowest BCUT2D eigenvalue weighted by molar-refractivity contribution is -0.274. The summed E-state index contributed by atoms with van der Waals surface area (Å²) in [5.41, 5.74) is 1.02. The van der Waals surface area contributed by atoms with E-state index in [9.17, 15) is 22.8 Å². The third-order valence-corrected chi connectivity index (χ3v) is 3.31. The molecule has 26 heavy (non-hydrogen) atoms. The van der Waals surface area contributed by atoms with Crippen LogP contribution in [0.3, 0.4) is 0 Å². The van der Waals surface area contributed by atoms with E-state index in [-0.39, 0.29) is 12.1 Å². The number of hydrogen-bond acceptors (Lipinski definition) is 4. The van der Waals surface area contributed by atoms with Gasteiger partial charge >= 0.3 is 6.36 Å². The molecule has 1 amide bonds. The van der Waals surface area contributed by atoms with Crippen molar-refractivity contribution >= 4 is 5.91 Å². The van der Waals surface area contributed by atoms with E-state index < -0.39 is 30.2 Å². The first-order valence-corrected chi connectivity index (χ1v) is 7.59. The molecule has 6 nitrogen and oxygen atoms in total. The number of rotatable bonds is 6. The Morgan fingerprint density at radius 3 is 2.54 bits per heavy atom. The van der Waals surface area contributed by atoms with Gasteiger partial charge < -0.3 is 14.9 Å². The number of aryl methyl sites for hydroxylation is 2. The fraction of sp³-hybridized carbons (Fsp3) is 0.294. The lowest BCUT2D eigenvalue weighted by Crippen LogP contribution is -2.36. The van der Waals surface area contributed by atoms with Gasteiger partial charge in [0.1, 0.15) is 5.75 Å². The van der Waals surface area contributed by atoms with Crippen LogP contribution >= 0.6 is 0 Å². The first-order valence-electron chi connectivity index (χ1n) is 7.59. The highest BCUT2D eigenvalue weighted by Crippen LogP contribution is 2.25. The third kappa shape index (κ3) is 5.54. The number of benzene rings is 1. The summed E-state index contributed by atoms with van der Waals surface area (Å²) in [5.74, 6) is -0.995.